The molecule has 1 fully saturated rings. The van der Waals surface area contributed by atoms with Gasteiger partial charge in [-0.25, -0.2) is 4.98 Å². The minimum atomic E-state index is -0.771. The fourth-order valence-corrected chi connectivity index (χ4v) is 3.24. The molecule has 1 unspecified atom stereocenters. The van der Waals surface area contributed by atoms with Gasteiger partial charge in [-0.3, -0.25) is 9.69 Å². The van der Waals surface area contributed by atoms with Crippen molar-refractivity contribution >= 4 is 22.4 Å². The number of hydrogen-bond donors (Lipinski definition) is 2. The molecule has 1 aromatic heterocycles. The molecule has 2 heterocycles. The second kappa shape index (κ2) is 6.86. The van der Waals surface area contributed by atoms with E-state index in [4.69, 9.17) is 5.11 Å². The van der Waals surface area contributed by atoms with Crippen molar-refractivity contribution in [3.8, 4) is 0 Å². The largest absolute Gasteiger partial charge is 0.481 e. The van der Waals surface area contributed by atoms with Crippen molar-refractivity contribution in [1.82, 2.24) is 9.88 Å². The summed E-state index contributed by atoms with van der Waals surface area (Å²) in [7, 11) is 0. The number of aryl methyl sites for hydroxylation is 1. The summed E-state index contributed by atoms with van der Waals surface area (Å²) in [5.74, 6) is -0.771. The molecular weight excluding hydrogens is 262 g/mol. The molecule has 0 aliphatic carbocycles. The molecule has 2 rings (SSSR count). The molecule has 0 saturated carbocycles. The van der Waals surface area contributed by atoms with Crippen molar-refractivity contribution in [3.05, 3.63) is 11.1 Å². The van der Waals surface area contributed by atoms with E-state index in [0.29, 0.717) is 12.5 Å². The van der Waals surface area contributed by atoms with E-state index in [2.05, 4.69) is 22.1 Å². The number of likely N-dealkylation sites (N-methyl/N-ethyl adjacent to an activating group) is 1. The molecule has 0 aromatic carbocycles. The van der Waals surface area contributed by atoms with Crippen molar-refractivity contribution in [2.45, 2.75) is 38.6 Å². The molecule has 1 aliphatic heterocycles. The van der Waals surface area contributed by atoms with Crippen molar-refractivity contribution < 1.29 is 9.90 Å². The normalized spacial score (nSPS) is 19.7. The number of rotatable bonds is 7. The van der Waals surface area contributed by atoms with Crippen molar-refractivity contribution in [2.24, 2.45) is 0 Å². The number of carboxylic acid groups (broad SMARTS) is 1. The van der Waals surface area contributed by atoms with Gasteiger partial charge in [-0.05, 0) is 25.9 Å². The van der Waals surface area contributed by atoms with Crippen LogP contribution in [0.5, 0.6) is 0 Å². The minimum Gasteiger partial charge on any atom is -0.481 e. The number of carbonyl (C=O) groups is 1. The minimum absolute atomic E-state index is 0.148. The molecule has 2 N–H and O–H groups in total. The number of nitrogens with one attached hydrogen (secondary N) is 1. The molecule has 1 aliphatic rings. The Bertz CT molecular complexity index is 422. The number of likely N-dealkylation sites (tertiary alicyclic amines) is 1. The molecule has 19 heavy (non-hydrogen) atoms. The van der Waals surface area contributed by atoms with Gasteiger partial charge < -0.3 is 10.4 Å². The Labute approximate surface area is 117 Å². The predicted molar refractivity (Wildman–Crippen MR) is 76.8 cm³/mol. The Morgan fingerprint density at radius 2 is 2.53 bits per heavy atom. The molecule has 6 heteroatoms. The van der Waals surface area contributed by atoms with E-state index >= 15 is 0 Å². The number of hydrogen-bond acceptors (Lipinski definition) is 5. The lowest BCUT2D eigenvalue weighted by Crippen LogP contribution is -2.34. The summed E-state index contributed by atoms with van der Waals surface area (Å²) >= 11 is 1.56. The highest BCUT2D eigenvalue weighted by atomic mass is 32.1. The van der Waals surface area contributed by atoms with Crippen LogP contribution in [0.2, 0.25) is 0 Å². The monoisotopic (exact) mass is 283 g/mol. The first-order valence-corrected chi connectivity index (χ1v) is 7.71. The first-order valence-electron chi connectivity index (χ1n) is 6.83. The van der Waals surface area contributed by atoms with E-state index in [1.165, 1.54) is 19.4 Å². The smallest absolute Gasteiger partial charge is 0.303 e. The van der Waals surface area contributed by atoms with Crippen LogP contribution in [0.1, 0.15) is 31.9 Å². The summed E-state index contributed by atoms with van der Waals surface area (Å²) in [5.41, 5.74) is 0.869. The van der Waals surface area contributed by atoms with Crippen molar-refractivity contribution in [3.63, 3.8) is 0 Å². The third-order valence-corrected chi connectivity index (χ3v) is 4.39. The number of anilines is 1. The van der Waals surface area contributed by atoms with Gasteiger partial charge in [0.15, 0.2) is 5.13 Å². The van der Waals surface area contributed by atoms with Crippen LogP contribution in [0.3, 0.4) is 0 Å². The number of nitrogens with zero attached hydrogens (tertiary/aromatic N) is 2. The zero-order valence-electron chi connectivity index (χ0n) is 11.3. The molecule has 1 aromatic rings. The molecule has 0 bridgehead atoms. The van der Waals surface area contributed by atoms with E-state index in [1.807, 2.05) is 5.38 Å². The van der Waals surface area contributed by atoms with Gasteiger partial charge in [0.2, 0.25) is 0 Å². The van der Waals surface area contributed by atoms with E-state index in [9.17, 15) is 4.79 Å². The van der Waals surface area contributed by atoms with E-state index in [0.717, 1.165) is 23.9 Å². The van der Waals surface area contributed by atoms with Gasteiger partial charge in [-0.2, -0.15) is 0 Å². The van der Waals surface area contributed by atoms with Crippen LogP contribution in [0.4, 0.5) is 5.13 Å². The highest BCUT2D eigenvalue weighted by molar-refractivity contribution is 7.13. The van der Waals surface area contributed by atoms with Gasteiger partial charge in [0, 0.05) is 24.4 Å². The maximum Gasteiger partial charge on any atom is 0.303 e. The maximum absolute atomic E-state index is 10.5. The number of carboxylic acids is 1. The first-order chi connectivity index (χ1) is 9.19. The van der Waals surface area contributed by atoms with Crippen LogP contribution in [0.15, 0.2) is 5.38 Å². The van der Waals surface area contributed by atoms with Crippen LogP contribution < -0.4 is 5.32 Å². The van der Waals surface area contributed by atoms with Crippen LogP contribution >= 0.6 is 11.3 Å². The summed E-state index contributed by atoms with van der Waals surface area (Å²) in [4.78, 5) is 17.4. The third kappa shape index (κ3) is 4.18. The van der Waals surface area contributed by atoms with E-state index < -0.39 is 5.97 Å². The molecule has 0 amide bonds. The molecular formula is C13H21N3O2S. The molecule has 5 nitrogen and oxygen atoms in total. The number of aliphatic carboxylic acids is 1. The average Bonchev–Trinajstić information content (AvgIpc) is 3.02. The summed E-state index contributed by atoms with van der Waals surface area (Å²) in [6, 6.07) is 0.608. The Kier molecular flexibility index (Phi) is 5.15. The molecule has 0 radical (unpaired) electrons. The highest BCUT2D eigenvalue weighted by Gasteiger charge is 2.22. The van der Waals surface area contributed by atoms with Crippen molar-refractivity contribution in [1.29, 1.82) is 0 Å². The van der Waals surface area contributed by atoms with Gasteiger partial charge in [0.25, 0.3) is 0 Å². The zero-order valence-corrected chi connectivity index (χ0v) is 12.1. The van der Waals surface area contributed by atoms with Crippen LogP contribution in [0.25, 0.3) is 0 Å². The van der Waals surface area contributed by atoms with Crippen LogP contribution in [-0.4, -0.2) is 46.6 Å². The average molecular weight is 283 g/mol. The summed E-state index contributed by atoms with van der Waals surface area (Å²) in [6.07, 6.45) is 3.19. The van der Waals surface area contributed by atoms with Gasteiger partial charge in [-0.15, -0.1) is 11.3 Å². The third-order valence-electron chi connectivity index (χ3n) is 3.54. The topological polar surface area (TPSA) is 65.5 Å². The summed E-state index contributed by atoms with van der Waals surface area (Å²) < 4.78 is 0. The maximum atomic E-state index is 10.5. The Morgan fingerprint density at radius 1 is 1.68 bits per heavy atom. The van der Waals surface area contributed by atoms with Crippen LogP contribution in [-0.2, 0) is 11.2 Å². The van der Waals surface area contributed by atoms with E-state index in [-0.39, 0.29) is 6.42 Å². The number of thiazole rings is 1. The molecule has 0 spiro atoms. The van der Waals surface area contributed by atoms with Crippen LogP contribution in [0, 0.1) is 0 Å². The Balaban J connectivity index is 1.78. The second-order valence-corrected chi connectivity index (χ2v) is 5.70. The van der Waals surface area contributed by atoms with Crippen molar-refractivity contribution in [2.75, 3.05) is 25.0 Å². The van der Waals surface area contributed by atoms with Gasteiger partial charge in [0.05, 0.1) is 12.1 Å². The quantitative estimate of drug-likeness (QED) is 0.802. The molecule has 1 atom stereocenters. The zero-order chi connectivity index (χ0) is 13.7. The fourth-order valence-electron chi connectivity index (χ4n) is 2.49. The SMILES string of the molecule is CCN1CCCC1CNc1nc(CCC(=O)O)cs1. The lowest BCUT2D eigenvalue weighted by molar-refractivity contribution is -0.136. The lowest BCUT2D eigenvalue weighted by atomic mass is 10.2. The van der Waals surface area contributed by atoms with Gasteiger partial charge in [-0.1, -0.05) is 6.92 Å². The Morgan fingerprint density at radius 3 is 3.26 bits per heavy atom. The second-order valence-electron chi connectivity index (χ2n) is 4.84. The predicted octanol–water partition coefficient (Wildman–Crippen LogP) is 2.06. The number of aromatic nitrogens is 1. The molecule has 1 saturated heterocycles. The fraction of sp³-hybridized carbons (Fsp3) is 0.692. The lowest BCUT2D eigenvalue weighted by Gasteiger charge is -2.22. The standard InChI is InChI=1S/C13H21N3O2S/c1-2-16-7-3-4-11(16)8-14-13-15-10(9-19-13)5-6-12(17)18/h9,11H,2-8H2,1H3,(H,14,15)(H,17,18). The van der Waals surface area contributed by atoms with Gasteiger partial charge in [0.1, 0.15) is 0 Å². The summed E-state index contributed by atoms with van der Waals surface area (Å²) in [5, 5.41) is 14.9. The highest BCUT2D eigenvalue weighted by Crippen LogP contribution is 2.20. The van der Waals surface area contributed by atoms with Gasteiger partial charge >= 0.3 is 5.97 Å². The first kappa shape index (κ1) is 14.3. The molecule has 106 valence electrons. The summed E-state index contributed by atoms with van der Waals surface area (Å²) in [6.45, 7) is 5.43. The Hall–Kier alpha value is -1.14. The van der Waals surface area contributed by atoms with E-state index in [1.54, 1.807) is 11.3 Å².